The van der Waals surface area contributed by atoms with E-state index in [9.17, 15) is 5.26 Å². The molecule has 0 amide bonds. The van der Waals surface area contributed by atoms with Crippen LogP contribution in [-0.4, -0.2) is 15.2 Å². The van der Waals surface area contributed by atoms with E-state index >= 15 is 0 Å². The minimum Gasteiger partial charge on any atom is -0.420 e. The van der Waals surface area contributed by atoms with Crippen LogP contribution in [0, 0.1) is 11.3 Å². The molecule has 3 heterocycles. The molecule has 0 aliphatic carbocycles. The molecule has 3 N–H and O–H groups in total. The Hall–Kier alpha value is -4.37. The number of benzene rings is 2. The molecule has 0 unspecified atom stereocenters. The topological polar surface area (TPSA) is 101 Å². The Bertz CT molecular complexity index is 1270. The molecule has 5 rings (SSSR count). The van der Waals surface area contributed by atoms with Crippen LogP contribution < -0.4 is 10.5 Å². The molecule has 2 aromatic heterocycles. The van der Waals surface area contributed by atoms with Crippen molar-refractivity contribution in [3.05, 3.63) is 102 Å². The van der Waals surface area contributed by atoms with Crippen molar-refractivity contribution in [2.24, 2.45) is 5.73 Å². The predicted octanol–water partition coefficient (Wildman–Crippen LogP) is 4.36. The molecule has 6 nitrogen and oxygen atoms in total. The van der Waals surface area contributed by atoms with Gasteiger partial charge >= 0.3 is 0 Å². The van der Waals surface area contributed by atoms with Gasteiger partial charge in [-0.15, -0.1) is 5.10 Å². The highest BCUT2D eigenvalue weighted by atomic mass is 16.5. The number of aromatic amines is 1. The Morgan fingerprint density at radius 1 is 0.900 bits per heavy atom. The van der Waals surface area contributed by atoms with Crippen LogP contribution in [0.1, 0.15) is 17.2 Å². The summed E-state index contributed by atoms with van der Waals surface area (Å²) in [6.07, 6.45) is 1.70. The Kier molecular flexibility index (Phi) is 4.26. The number of nitrogens with zero attached hydrogens (tertiary/aromatic N) is 3. The lowest BCUT2D eigenvalue weighted by atomic mass is 9.85. The zero-order valence-electron chi connectivity index (χ0n) is 15.9. The monoisotopic (exact) mass is 391 g/mol. The van der Waals surface area contributed by atoms with Gasteiger partial charge in [0.2, 0.25) is 11.8 Å². The number of H-pyrrole nitrogens is 1. The number of hydrogen-bond donors (Lipinski definition) is 2. The summed E-state index contributed by atoms with van der Waals surface area (Å²) in [5.41, 5.74) is 11.8. The van der Waals surface area contributed by atoms with E-state index in [0.29, 0.717) is 17.1 Å². The van der Waals surface area contributed by atoms with Gasteiger partial charge < -0.3 is 10.5 Å². The van der Waals surface area contributed by atoms with E-state index in [4.69, 9.17) is 10.5 Å². The second kappa shape index (κ2) is 7.22. The van der Waals surface area contributed by atoms with Crippen molar-refractivity contribution in [2.75, 3.05) is 0 Å². The lowest BCUT2D eigenvalue weighted by Gasteiger charge is -2.23. The third-order valence-electron chi connectivity index (χ3n) is 5.20. The maximum absolute atomic E-state index is 9.75. The van der Waals surface area contributed by atoms with E-state index in [0.717, 1.165) is 27.9 Å². The highest BCUT2D eigenvalue weighted by Crippen LogP contribution is 2.45. The second-order valence-corrected chi connectivity index (χ2v) is 6.94. The first-order chi connectivity index (χ1) is 14.8. The molecule has 2 aromatic carbocycles. The molecule has 0 bridgehead atoms. The van der Waals surface area contributed by atoms with Crippen molar-refractivity contribution in [3.63, 3.8) is 0 Å². The minimum atomic E-state index is -0.456. The van der Waals surface area contributed by atoms with E-state index in [1.54, 1.807) is 6.20 Å². The summed E-state index contributed by atoms with van der Waals surface area (Å²) in [6.45, 7) is 0. The van der Waals surface area contributed by atoms with Gasteiger partial charge in [-0.1, -0.05) is 60.7 Å². The summed E-state index contributed by atoms with van der Waals surface area (Å²) in [5.74, 6) is -0.0371. The summed E-state index contributed by atoms with van der Waals surface area (Å²) in [4.78, 5) is 4.46. The van der Waals surface area contributed by atoms with E-state index < -0.39 is 5.92 Å². The number of rotatable bonds is 3. The quantitative estimate of drug-likeness (QED) is 0.540. The molecular formula is C24H17N5O. The number of ether oxygens (including phenoxy) is 1. The molecule has 144 valence electrons. The van der Waals surface area contributed by atoms with Gasteiger partial charge in [0.05, 0.1) is 22.9 Å². The highest BCUT2D eigenvalue weighted by molar-refractivity contribution is 5.73. The van der Waals surface area contributed by atoms with Crippen LogP contribution in [0.2, 0.25) is 0 Å². The summed E-state index contributed by atoms with van der Waals surface area (Å²) in [6, 6.07) is 26.1. The van der Waals surface area contributed by atoms with Gasteiger partial charge in [-0.3, -0.25) is 10.1 Å². The van der Waals surface area contributed by atoms with Gasteiger partial charge in [-0.25, -0.2) is 0 Å². The SMILES string of the molecule is N#CC1=C(N)Oc2n[nH]c(-c3ccc(-c4ccccc4)cc3)c2[C@H]1c1ccccn1. The fourth-order valence-corrected chi connectivity index (χ4v) is 3.77. The molecule has 0 fully saturated rings. The maximum Gasteiger partial charge on any atom is 0.244 e. The largest absolute Gasteiger partial charge is 0.420 e. The number of nitrogens with one attached hydrogen (secondary N) is 1. The van der Waals surface area contributed by atoms with Crippen LogP contribution in [0.5, 0.6) is 5.88 Å². The van der Waals surface area contributed by atoms with Gasteiger partial charge in [-0.05, 0) is 23.3 Å². The number of fused-ring (bicyclic) bond motifs is 1. The molecule has 1 aliphatic rings. The van der Waals surface area contributed by atoms with E-state index in [1.165, 1.54) is 0 Å². The minimum absolute atomic E-state index is 0.0538. The van der Waals surface area contributed by atoms with E-state index in [-0.39, 0.29) is 5.88 Å². The molecule has 6 heteroatoms. The van der Waals surface area contributed by atoms with Crippen molar-refractivity contribution < 1.29 is 4.74 Å². The molecule has 30 heavy (non-hydrogen) atoms. The van der Waals surface area contributed by atoms with Crippen LogP contribution in [0.3, 0.4) is 0 Å². The first kappa shape index (κ1) is 17.7. The third kappa shape index (κ3) is 2.90. The van der Waals surface area contributed by atoms with Crippen LogP contribution in [-0.2, 0) is 0 Å². The van der Waals surface area contributed by atoms with Gasteiger partial charge in [0.15, 0.2) is 0 Å². The number of allylic oxidation sites excluding steroid dienone is 1. The Morgan fingerprint density at radius 2 is 1.60 bits per heavy atom. The van der Waals surface area contributed by atoms with Crippen molar-refractivity contribution in [1.82, 2.24) is 15.2 Å². The molecule has 0 saturated carbocycles. The third-order valence-corrected chi connectivity index (χ3v) is 5.20. The fourth-order valence-electron chi connectivity index (χ4n) is 3.77. The average Bonchev–Trinajstić information content (AvgIpc) is 3.22. The number of aromatic nitrogens is 3. The summed E-state index contributed by atoms with van der Waals surface area (Å²) in [5, 5.41) is 17.1. The number of nitrogens with two attached hydrogens (primary N) is 1. The Balaban J connectivity index is 1.62. The molecule has 0 saturated heterocycles. The van der Waals surface area contributed by atoms with Crippen molar-refractivity contribution in [1.29, 1.82) is 5.26 Å². The van der Waals surface area contributed by atoms with E-state index in [1.807, 2.05) is 48.5 Å². The molecule has 4 aromatic rings. The normalized spacial score (nSPS) is 15.2. The summed E-state index contributed by atoms with van der Waals surface area (Å²) in [7, 11) is 0. The van der Waals surface area contributed by atoms with Crippen LogP contribution in [0.4, 0.5) is 0 Å². The first-order valence-electron chi connectivity index (χ1n) is 9.49. The van der Waals surface area contributed by atoms with Gasteiger partial charge in [-0.2, -0.15) is 5.26 Å². The van der Waals surface area contributed by atoms with Crippen LogP contribution in [0.25, 0.3) is 22.4 Å². The second-order valence-electron chi connectivity index (χ2n) is 6.94. The Labute approximate surface area is 173 Å². The zero-order chi connectivity index (χ0) is 20.5. The number of hydrogen-bond acceptors (Lipinski definition) is 5. The van der Waals surface area contributed by atoms with Crippen molar-refractivity contribution in [3.8, 4) is 34.3 Å². The first-order valence-corrected chi connectivity index (χ1v) is 9.49. The molecule has 1 atom stereocenters. The summed E-state index contributed by atoms with van der Waals surface area (Å²) < 4.78 is 5.65. The predicted molar refractivity (Wildman–Crippen MR) is 113 cm³/mol. The standard InChI is InChI=1S/C24H17N5O/c25-14-18-20(19-8-4-5-13-27-19)21-22(28-29-24(21)30-23(18)26)17-11-9-16(10-12-17)15-6-2-1-3-7-15/h1-13,20H,26H2,(H,28,29)/t20-/m1/s1. The highest BCUT2D eigenvalue weighted by Gasteiger charge is 2.36. The van der Waals surface area contributed by atoms with Gasteiger partial charge in [0, 0.05) is 11.8 Å². The molecular weight excluding hydrogens is 374 g/mol. The number of nitriles is 1. The van der Waals surface area contributed by atoms with Gasteiger partial charge in [0.25, 0.3) is 0 Å². The van der Waals surface area contributed by atoms with Crippen molar-refractivity contribution in [2.45, 2.75) is 5.92 Å². The molecule has 0 spiro atoms. The zero-order valence-corrected chi connectivity index (χ0v) is 15.9. The maximum atomic E-state index is 9.75. The van der Waals surface area contributed by atoms with Crippen LogP contribution in [0.15, 0.2) is 90.4 Å². The van der Waals surface area contributed by atoms with Gasteiger partial charge in [0.1, 0.15) is 11.6 Å². The lowest BCUT2D eigenvalue weighted by molar-refractivity contribution is 0.378. The average molecular weight is 391 g/mol. The van der Waals surface area contributed by atoms with E-state index in [2.05, 4.69) is 45.5 Å². The van der Waals surface area contributed by atoms with Crippen molar-refractivity contribution >= 4 is 0 Å². The van der Waals surface area contributed by atoms with Crippen LogP contribution >= 0.6 is 0 Å². The smallest absolute Gasteiger partial charge is 0.244 e. The number of pyridine rings is 1. The fraction of sp³-hybridized carbons (Fsp3) is 0.0417. The Morgan fingerprint density at radius 3 is 2.30 bits per heavy atom. The lowest BCUT2D eigenvalue weighted by Crippen LogP contribution is -2.21. The molecule has 0 radical (unpaired) electrons. The molecule has 1 aliphatic heterocycles. The summed E-state index contributed by atoms with van der Waals surface area (Å²) >= 11 is 0.